The molecule has 0 aliphatic heterocycles. The second-order valence-corrected chi connectivity index (χ2v) is 6.13. The van der Waals surface area contributed by atoms with Gasteiger partial charge in [-0.1, -0.05) is 19.8 Å². The largest absolute Gasteiger partial charge is 0.368 e. The molecule has 0 aromatic carbocycles. The van der Waals surface area contributed by atoms with Gasteiger partial charge in [-0.2, -0.15) is 11.8 Å². The average Bonchev–Trinajstić information content (AvgIpc) is 2.76. The second-order valence-electron chi connectivity index (χ2n) is 4.84. The van der Waals surface area contributed by atoms with Gasteiger partial charge in [0.15, 0.2) is 0 Å². The zero-order valence-corrected chi connectivity index (χ0v) is 11.2. The number of hydrogen-bond donors (Lipinski definition) is 2. The molecule has 0 heterocycles. The average molecular weight is 244 g/mol. The van der Waals surface area contributed by atoms with Crippen LogP contribution >= 0.6 is 11.8 Å². The summed E-state index contributed by atoms with van der Waals surface area (Å²) < 4.78 is 0. The minimum absolute atomic E-state index is 0.230. The van der Waals surface area contributed by atoms with Crippen LogP contribution in [0.4, 0.5) is 0 Å². The molecule has 0 bridgehead atoms. The van der Waals surface area contributed by atoms with E-state index in [9.17, 15) is 4.79 Å². The Hall–Kier alpha value is -0.220. The molecule has 0 saturated heterocycles. The van der Waals surface area contributed by atoms with E-state index in [0.717, 1.165) is 24.0 Å². The van der Waals surface area contributed by atoms with Crippen LogP contribution in [0.1, 0.15) is 46.0 Å². The highest BCUT2D eigenvalue weighted by molar-refractivity contribution is 8.00. The normalized spacial score (nSPS) is 20.9. The van der Waals surface area contributed by atoms with Crippen molar-refractivity contribution in [3.8, 4) is 0 Å². The van der Waals surface area contributed by atoms with Crippen molar-refractivity contribution in [2.75, 3.05) is 12.3 Å². The molecule has 1 amide bonds. The zero-order chi connectivity index (χ0) is 12.0. The molecule has 94 valence electrons. The van der Waals surface area contributed by atoms with Gasteiger partial charge in [0.25, 0.3) is 0 Å². The smallest absolute Gasteiger partial charge is 0.238 e. The number of primary amides is 1. The maximum atomic E-state index is 11.5. The third kappa shape index (κ3) is 3.98. The molecule has 1 unspecified atom stereocenters. The van der Waals surface area contributed by atoms with Crippen LogP contribution in [0.5, 0.6) is 0 Å². The van der Waals surface area contributed by atoms with Gasteiger partial charge in [-0.3, -0.25) is 4.79 Å². The molecule has 16 heavy (non-hydrogen) atoms. The lowest BCUT2D eigenvalue weighted by Crippen LogP contribution is -2.55. The Bertz CT molecular complexity index is 229. The summed E-state index contributed by atoms with van der Waals surface area (Å²) in [6, 6.07) is 0. The van der Waals surface area contributed by atoms with Crippen molar-refractivity contribution in [1.82, 2.24) is 5.32 Å². The molecule has 1 saturated carbocycles. The van der Waals surface area contributed by atoms with Crippen LogP contribution in [0.2, 0.25) is 0 Å². The van der Waals surface area contributed by atoms with Gasteiger partial charge >= 0.3 is 0 Å². The molecule has 4 heteroatoms. The summed E-state index contributed by atoms with van der Waals surface area (Å²) in [5.74, 6) is 0.568. The van der Waals surface area contributed by atoms with E-state index in [1.807, 2.05) is 18.7 Å². The lowest BCUT2D eigenvalue weighted by Gasteiger charge is -2.28. The Morgan fingerprint density at radius 3 is 2.62 bits per heavy atom. The second kappa shape index (κ2) is 6.50. The van der Waals surface area contributed by atoms with E-state index in [1.165, 1.54) is 25.7 Å². The van der Waals surface area contributed by atoms with Crippen LogP contribution in [-0.4, -0.2) is 29.0 Å². The van der Waals surface area contributed by atoms with Gasteiger partial charge in [0.2, 0.25) is 5.91 Å². The van der Waals surface area contributed by atoms with E-state index in [1.54, 1.807) is 0 Å². The molecule has 0 radical (unpaired) electrons. The van der Waals surface area contributed by atoms with Gasteiger partial charge in [-0.15, -0.1) is 0 Å². The summed E-state index contributed by atoms with van der Waals surface area (Å²) in [6.45, 7) is 4.87. The SMILES string of the molecule is CCCNC(C)(CSC1CCCC1)C(N)=O. The maximum Gasteiger partial charge on any atom is 0.238 e. The van der Waals surface area contributed by atoms with Crippen molar-refractivity contribution in [2.24, 2.45) is 5.73 Å². The van der Waals surface area contributed by atoms with Crippen LogP contribution in [0, 0.1) is 0 Å². The van der Waals surface area contributed by atoms with Gasteiger partial charge in [-0.25, -0.2) is 0 Å². The Labute approximate surface area is 103 Å². The van der Waals surface area contributed by atoms with Crippen molar-refractivity contribution < 1.29 is 4.79 Å². The fourth-order valence-corrected chi connectivity index (χ4v) is 3.43. The van der Waals surface area contributed by atoms with Crippen LogP contribution in [0.15, 0.2) is 0 Å². The standard InChI is InChI=1S/C12H24N2OS/c1-3-8-14-12(2,11(13)15)9-16-10-6-4-5-7-10/h10,14H,3-9H2,1-2H3,(H2,13,15). The van der Waals surface area contributed by atoms with Crippen LogP contribution in [-0.2, 0) is 4.79 Å². The third-order valence-electron chi connectivity index (χ3n) is 3.22. The summed E-state index contributed by atoms with van der Waals surface area (Å²) in [4.78, 5) is 11.5. The summed E-state index contributed by atoms with van der Waals surface area (Å²) in [5, 5.41) is 4.01. The summed E-state index contributed by atoms with van der Waals surface area (Å²) in [7, 11) is 0. The Kier molecular flexibility index (Phi) is 5.62. The van der Waals surface area contributed by atoms with Crippen LogP contribution < -0.4 is 11.1 Å². The molecular weight excluding hydrogens is 220 g/mol. The van der Waals surface area contributed by atoms with E-state index in [0.29, 0.717) is 0 Å². The van der Waals surface area contributed by atoms with E-state index in [4.69, 9.17) is 5.73 Å². The number of nitrogens with two attached hydrogens (primary N) is 1. The fourth-order valence-electron chi connectivity index (χ4n) is 1.95. The number of carbonyl (C=O) groups is 1. The molecule has 3 N–H and O–H groups in total. The molecule has 3 nitrogen and oxygen atoms in total. The quantitative estimate of drug-likeness (QED) is 0.719. The first kappa shape index (κ1) is 13.8. The highest BCUT2D eigenvalue weighted by Crippen LogP contribution is 2.31. The van der Waals surface area contributed by atoms with E-state index in [-0.39, 0.29) is 5.91 Å². The zero-order valence-electron chi connectivity index (χ0n) is 10.4. The topological polar surface area (TPSA) is 55.1 Å². The lowest BCUT2D eigenvalue weighted by atomic mass is 10.0. The van der Waals surface area contributed by atoms with Crippen molar-refractivity contribution >= 4 is 17.7 Å². The fraction of sp³-hybridized carbons (Fsp3) is 0.917. The van der Waals surface area contributed by atoms with E-state index in [2.05, 4.69) is 12.2 Å². The number of nitrogens with one attached hydrogen (secondary N) is 1. The number of rotatable bonds is 7. The van der Waals surface area contributed by atoms with Crippen molar-refractivity contribution in [3.05, 3.63) is 0 Å². The monoisotopic (exact) mass is 244 g/mol. The van der Waals surface area contributed by atoms with Gasteiger partial charge in [0, 0.05) is 11.0 Å². The van der Waals surface area contributed by atoms with Crippen LogP contribution in [0.25, 0.3) is 0 Å². The molecule has 1 rings (SSSR count). The molecular formula is C12H24N2OS. The highest BCUT2D eigenvalue weighted by Gasteiger charge is 2.31. The number of thioether (sulfide) groups is 1. The van der Waals surface area contributed by atoms with Crippen LogP contribution in [0.3, 0.4) is 0 Å². The van der Waals surface area contributed by atoms with Crippen molar-refractivity contribution in [1.29, 1.82) is 0 Å². The summed E-state index contributed by atoms with van der Waals surface area (Å²) >= 11 is 1.91. The lowest BCUT2D eigenvalue weighted by molar-refractivity contribution is -0.122. The third-order valence-corrected chi connectivity index (χ3v) is 4.91. The van der Waals surface area contributed by atoms with Gasteiger partial charge in [0.1, 0.15) is 5.54 Å². The maximum absolute atomic E-state index is 11.5. The van der Waals surface area contributed by atoms with Gasteiger partial charge in [-0.05, 0) is 32.7 Å². The Balaban J connectivity index is 2.39. The molecule has 0 spiro atoms. The summed E-state index contributed by atoms with van der Waals surface area (Å²) in [5.41, 5.74) is 4.94. The van der Waals surface area contributed by atoms with E-state index >= 15 is 0 Å². The highest BCUT2D eigenvalue weighted by atomic mass is 32.2. The van der Waals surface area contributed by atoms with Gasteiger partial charge in [0.05, 0.1) is 0 Å². The molecule has 1 aliphatic rings. The first-order chi connectivity index (χ1) is 7.58. The molecule has 1 aliphatic carbocycles. The minimum Gasteiger partial charge on any atom is -0.368 e. The molecule has 0 aromatic rings. The Morgan fingerprint density at radius 1 is 1.50 bits per heavy atom. The first-order valence-electron chi connectivity index (χ1n) is 6.25. The first-order valence-corrected chi connectivity index (χ1v) is 7.30. The number of carbonyl (C=O) groups excluding carboxylic acids is 1. The predicted molar refractivity (Wildman–Crippen MR) is 70.6 cm³/mol. The predicted octanol–water partition coefficient (Wildman–Crippen LogP) is 1.91. The van der Waals surface area contributed by atoms with Crippen molar-refractivity contribution in [2.45, 2.75) is 56.7 Å². The summed E-state index contributed by atoms with van der Waals surface area (Å²) in [6.07, 6.45) is 6.30. The molecule has 0 aromatic heterocycles. The van der Waals surface area contributed by atoms with Crippen molar-refractivity contribution in [3.63, 3.8) is 0 Å². The minimum atomic E-state index is -0.538. The number of hydrogen-bond acceptors (Lipinski definition) is 3. The Morgan fingerprint density at radius 2 is 2.12 bits per heavy atom. The number of amides is 1. The molecule has 1 atom stereocenters. The van der Waals surface area contributed by atoms with E-state index < -0.39 is 5.54 Å². The molecule has 1 fully saturated rings. The van der Waals surface area contributed by atoms with Gasteiger partial charge < -0.3 is 11.1 Å².